The molecular weight excluding hydrogens is 230 g/mol. The van der Waals surface area contributed by atoms with Crippen LogP contribution in [0, 0.1) is 6.92 Å². The molecule has 1 aliphatic heterocycles. The number of aryl methyl sites for hydroxylation is 1. The van der Waals surface area contributed by atoms with Crippen molar-refractivity contribution in [2.75, 3.05) is 13.1 Å². The standard InChI is InChI=1S/C13H17N3S/c1-10-2-3-12(17-10)9-16-7-5-11(8-16)13-4-6-14-15-13/h2-4,6,11H,5,7-9H2,1H3,(H,14,15)/t11-/m0/s1. The van der Waals surface area contributed by atoms with E-state index < -0.39 is 0 Å². The number of hydrogen-bond acceptors (Lipinski definition) is 3. The third kappa shape index (κ3) is 2.42. The van der Waals surface area contributed by atoms with Crippen LogP contribution in [0.15, 0.2) is 24.4 Å². The first-order chi connectivity index (χ1) is 8.31. The van der Waals surface area contributed by atoms with Crippen molar-refractivity contribution in [2.24, 2.45) is 0 Å². The number of nitrogens with one attached hydrogen (secondary N) is 1. The summed E-state index contributed by atoms with van der Waals surface area (Å²) in [7, 11) is 0. The van der Waals surface area contributed by atoms with Crippen molar-refractivity contribution in [3.63, 3.8) is 0 Å². The lowest BCUT2D eigenvalue weighted by atomic mass is 10.1. The summed E-state index contributed by atoms with van der Waals surface area (Å²) < 4.78 is 0. The largest absolute Gasteiger partial charge is 0.298 e. The Hall–Kier alpha value is -1.13. The Kier molecular flexibility index (Phi) is 2.99. The molecule has 3 nitrogen and oxygen atoms in total. The van der Waals surface area contributed by atoms with Gasteiger partial charge in [-0.25, -0.2) is 0 Å². The van der Waals surface area contributed by atoms with E-state index in [2.05, 4.69) is 40.2 Å². The fourth-order valence-corrected chi connectivity index (χ4v) is 3.45. The molecule has 1 atom stereocenters. The Morgan fingerprint density at radius 1 is 1.47 bits per heavy atom. The van der Waals surface area contributed by atoms with E-state index in [0.717, 1.165) is 13.1 Å². The van der Waals surface area contributed by atoms with Gasteiger partial charge in [0.1, 0.15) is 0 Å². The molecule has 17 heavy (non-hydrogen) atoms. The van der Waals surface area contributed by atoms with Gasteiger partial charge in [0.25, 0.3) is 0 Å². The van der Waals surface area contributed by atoms with Crippen LogP contribution >= 0.6 is 11.3 Å². The summed E-state index contributed by atoms with van der Waals surface area (Å²) in [6.07, 6.45) is 3.09. The van der Waals surface area contributed by atoms with Gasteiger partial charge in [0.05, 0.1) is 0 Å². The average Bonchev–Trinajstić information content (AvgIpc) is 3.00. The van der Waals surface area contributed by atoms with Gasteiger partial charge in [-0.2, -0.15) is 5.10 Å². The lowest BCUT2D eigenvalue weighted by Gasteiger charge is -2.14. The van der Waals surface area contributed by atoms with Gasteiger partial charge in [0.2, 0.25) is 0 Å². The molecule has 0 saturated carbocycles. The van der Waals surface area contributed by atoms with Crippen molar-refractivity contribution in [3.8, 4) is 0 Å². The molecule has 0 aromatic carbocycles. The van der Waals surface area contributed by atoms with Crippen LogP contribution in [-0.4, -0.2) is 28.2 Å². The first kappa shape index (κ1) is 11.0. The third-order valence-electron chi connectivity index (χ3n) is 3.41. The van der Waals surface area contributed by atoms with Gasteiger partial charge in [-0.05, 0) is 38.1 Å². The number of thiophene rings is 1. The molecule has 3 rings (SSSR count). The minimum absolute atomic E-state index is 0.638. The molecule has 90 valence electrons. The molecule has 2 aromatic rings. The summed E-state index contributed by atoms with van der Waals surface area (Å²) in [6.45, 7) is 5.62. The quantitative estimate of drug-likeness (QED) is 0.904. The minimum Gasteiger partial charge on any atom is -0.298 e. The molecule has 2 aromatic heterocycles. The van der Waals surface area contributed by atoms with Crippen molar-refractivity contribution in [1.82, 2.24) is 15.1 Å². The summed E-state index contributed by atoms with van der Waals surface area (Å²) in [6, 6.07) is 6.56. The second kappa shape index (κ2) is 4.63. The monoisotopic (exact) mass is 247 g/mol. The molecule has 4 heteroatoms. The van der Waals surface area contributed by atoms with Crippen molar-refractivity contribution < 1.29 is 0 Å². The number of nitrogens with zero attached hydrogens (tertiary/aromatic N) is 2. The van der Waals surface area contributed by atoms with Gasteiger partial charge in [-0.15, -0.1) is 11.3 Å². The van der Waals surface area contributed by atoms with E-state index >= 15 is 0 Å². The summed E-state index contributed by atoms with van der Waals surface area (Å²) in [4.78, 5) is 5.42. The van der Waals surface area contributed by atoms with E-state index in [1.54, 1.807) is 0 Å². The maximum absolute atomic E-state index is 4.04. The number of aromatic amines is 1. The summed E-state index contributed by atoms with van der Waals surface area (Å²) in [5, 5.41) is 7.13. The highest BCUT2D eigenvalue weighted by molar-refractivity contribution is 7.11. The lowest BCUT2D eigenvalue weighted by Crippen LogP contribution is -2.19. The van der Waals surface area contributed by atoms with Crippen molar-refractivity contribution in [1.29, 1.82) is 0 Å². The minimum atomic E-state index is 0.638. The summed E-state index contributed by atoms with van der Waals surface area (Å²) in [5.74, 6) is 0.638. The zero-order valence-corrected chi connectivity index (χ0v) is 10.8. The predicted molar refractivity (Wildman–Crippen MR) is 70.3 cm³/mol. The SMILES string of the molecule is Cc1ccc(CN2CC[C@H](c3ccn[nH]3)C2)s1. The van der Waals surface area contributed by atoms with E-state index in [4.69, 9.17) is 0 Å². The van der Waals surface area contributed by atoms with Crippen molar-refractivity contribution in [3.05, 3.63) is 39.8 Å². The number of H-pyrrole nitrogens is 1. The van der Waals surface area contributed by atoms with E-state index in [0.29, 0.717) is 5.92 Å². The van der Waals surface area contributed by atoms with Crippen LogP contribution in [0.5, 0.6) is 0 Å². The highest BCUT2D eigenvalue weighted by atomic mass is 32.1. The van der Waals surface area contributed by atoms with Crippen LogP contribution in [0.3, 0.4) is 0 Å². The van der Waals surface area contributed by atoms with Crippen LogP contribution in [-0.2, 0) is 6.54 Å². The van der Waals surface area contributed by atoms with Gasteiger partial charge in [0.15, 0.2) is 0 Å². The van der Waals surface area contributed by atoms with Crippen molar-refractivity contribution >= 4 is 11.3 Å². The molecule has 0 radical (unpaired) electrons. The molecule has 0 aliphatic carbocycles. The fourth-order valence-electron chi connectivity index (χ4n) is 2.51. The van der Waals surface area contributed by atoms with Crippen LogP contribution < -0.4 is 0 Å². The summed E-state index contributed by atoms with van der Waals surface area (Å²) in [5.41, 5.74) is 1.29. The summed E-state index contributed by atoms with van der Waals surface area (Å²) >= 11 is 1.91. The van der Waals surface area contributed by atoms with Gasteiger partial charge in [-0.1, -0.05) is 0 Å². The second-order valence-corrected chi connectivity index (χ2v) is 6.12. The molecule has 0 amide bonds. The highest BCUT2D eigenvalue weighted by Crippen LogP contribution is 2.27. The molecule has 0 spiro atoms. The van der Waals surface area contributed by atoms with Crippen LogP contribution in [0.4, 0.5) is 0 Å². The number of aromatic nitrogens is 2. The maximum Gasteiger partial charge on any atom is 0.0490 e. The second-order valence-electron chi connectivity index (χ2n) is 4.75. The number of likely N-dealkylation sites (tertiary alicyclic amines) is 1. The van der Waals surface area contributed by atoms with E-state index in [1.165, 1.54) is 28.4 Å². The number of hydrogen-bond donors (Lipinski definition) is 1. The van der Waals surface area contributed by atoms with E-state index in [-0.39, 0.29) is 0 Å². The first-order valence-electron chi connectivity index (χ1n) is 6.08. The van der Waals surface area contributed by atoms with E-state index in [1.807, 2.05) is 17.5 Å². The normalized spacial score (nSPS) is 21.1. The highest BCUT2D eigenvalue weighted by Gasteiger charge is 2.24. The third-order valence-corrected chi connectivity index (χ3v) is 4.40. The molecule has 0 bridgehead atoms. The molecule has 1 fully saturated rings. The van der Waals surface area contributed by atoms with Gasteiger partial charge in [-0.3, -0.25) is 10.00 Å². The Morgan fingerprint density at radius 2 is 2.41 bits per heavy atom. The Bertz CT molecular complexity index is 475. The van der Waals surface area contributed by atoms with E-state index in [9.17, 15) is 0 Å². The molecule has 1 aliphatic rings. The molecule has 0 unspecified atom stereocenters. The maximum atomic E-state index is 4.04. The van der Waals surface area contributed by atoms with Gasteiger partial charge >= 0.3 is 0 Å². The van der Waals surface area contributed by atoms with Crippen molar-refractivity contribution in [2.45, 2.75) is 25.8 Å². The van der Waals surface area contributed by atoms with Gasteiger partial charge < -0.3 is 0 Å². The van der Waals surface area contributed by atoms with Crippen LogP contribution in [0.25, 0.3) is 0 Å². The van der Waals surface area contributed by atoms with Crippen LogP contribution in [0.1, 0.15) is 27.8 Å². The smallest absolute Gasteiger partial charge is 0.0490 e. The fraction of sp³-hybridized carbons (Fsp3) is 0.462. The lowest BCUT2D eigenvalue weighted by molar-refractivity contribution is 0.329. The molecule has 3 heterocycles. The zero-order chi connectivity index (χ0) is 11.7. The Balaban J connectivity index is 1.61. The number of rotatable bonds is 3. The van der Waals surface area contributed by atoms with Gasteiger partial charge in [0, 0.05) is 40.7 Å². The Labute approximate surface area is 105 Å². The predicted octanol–water partition coefficient (Wildman–Crippen LogP) is 2.77. The molecule has 1 N–H and O–H groups in total. The topological polar surface area (TPSA) is 31.9 Å². The first-order valence-corrected chi connectivity index (χ1v) is 6.90. The Morgan fingerprint density at radius 3 is 3.12 bits per heavy atom. The zero-order valence-electron chi connectivity index (χ0n) is 10.0. The molecule has 1 saturated heterocycles. The average molecular weight is 247 g/mol. The molecular formula is C13H17N3S. The van der Waals surface area contributed by atoms with Crippen LogP contribution in [0.2, 0.25) is 0 Å².